The molecule has 1 aromatic rings. The Balaban J connectivity index is 2.32. The van der Waals surface area contributed by atoms with Crippen LogP contribution in [-0.4, -0.2) is 19.3 Å². The second-order valence-electron chi connectivity index (χ2n) is 2.85. The molecule has 0 aromatic heterocycles. The fourth-order valence-corrected chi connectivity index (χ4v) is 1.66. The van der Waals surface area contributed by atoms with Crippen molar-refractivity contribution in [1.82, 2.24) is 0 Å². The molecule has 0 bridgehead atoms. The summed E-state index contributed by atoms with van der Waals surface area (Å²) in [6.07, 6.45) is -0.0359. The van der Waals surface area contributed by atoms with Crippen molar-refractivity contribution in [1.29, 1.82) is 0 Å². The lowest BCUT2D eigenvalue weighted by Gasteiger charge is -2.26. The van der Waals surface area contributed by atoms with Gasteiger partial charge in [-0.25, -0.2) is 0 Å². The monoisotopic (exact) mass is 243 g/mol. The van der Waals surface area contributed by atoms with E-state index in [0.29, 0.717) is 13.2 Å². The van der Waals surface area contributed by atoms with Crippen LogP contribution in [0.5, 0.6) is 11.5 Å². The number of halogens is 1. The molecule has 0 fully saturated rings. The van der Waals surface area contributed by atoms with Crippen molar-refractivity contribution in [3.63, 3.8) is 0 Å². The van der Waals surface area contributed by atoms with Crippen LogP contribution >= 0.6 is 15.9 Å². The predicted molar refractivity (Wildman–Crippen MR) is 53.1 cm³/mol. The van der Waals surface area contributed by atoms with E-state index in [1.807, 2.05) is 18.2 Å². The molecule has 70 valence electrons. The minimum Gasteiger partial charge on any atom is -0.486 e. The molecular weight excluding hydrogens is 234 g/mol. The highest BCUT2D eigenvalue weighted by molar-refractivity contribution is 9.10. The van der Waals surface area contributed by atoms with Gasteiger partial charge >= 0.3 is 0 Å². The zero-order valence-electron chi connectivity index (χ0n) is 7.00. The molecule has 0 saturated carbocycles. The molecule has 0 spiro atoms. The third-order valence-corrected chi connectivity index (χ3v) is 2.53. The number of para-hydroxylation sites is 1. The largest absolute Gasteiger partial charge is 0.486 e. The van der Waals surface area contributed by atoms with Crippen LogP contribution in [0.4, 0.5) is 0 Å². The Bertz CT molecular complexity index is 316. The van der Waals surface area contributed by atoms with Crippen LogP contribution in [0.15, 0.2) is 22.7 Å². The van der Waals surface area contributed by atoms with Gasteiger partial charge in [0.25, 0.3) is 0 Å². The molecule has 0 amide bonds. The minimum absolute atomic E-state index is 0.0359. The van der Waals surface area contributed by atoms with Crippen molar-refractivity contribution in [3.05, 3.63) is 22.7 Å². The molecule has 4 heteroatoms. The van der Waals surface area contributed by atoms with Crippen LogP contribution in [0.25, 0.3) is 0 Å². The predicted octanol–water partition coefficient (Wildman–Crippen LogP) is 1.55. The van der Waals surface area contributed by atoms with Crippen molar-refractivity contribution in [2.75, 3.05) is 13.2 Å². The second kappa shape index (κ2) is 3.55. The average molecular weight is 244 g/mol. The van der Waals surface area contributed by atoms with Gasteiger partial charge in [-0.1, -0.05) is 6.07 Å². The molecule has 2 rings (SSSR count). The van der Waals surface area contributed by atoms with Gasteiger partial charge in [0, 0.05) is 6.54 Å². The average Bonchev–Trinajstić information content (AvgIpc) is 2.18. The first-order chi connectivity index (χ1) is 6.31. The summed E-state index contributed by atoms with van der Waals surface area (Å²) in [5.41, 5.74) is 5.49. The molecule has 13 heavy (non-hydrogen) atoms. The number of nitrogens with two attached hydrogens (primary N) is 1. The van der Waals surface area contributed by atoms with E-state index in [1.165, 1.54) is 0 Å². The maximum absolute atomic E-state index is 5.61. The summed E-state index contributed by atoms with van der Waals surface area (Å²) in [7, 11) is 0. The molecule has 1 atom stereocenters. The van der Waals surface area contributed by atoms with Gasteiger partial charge in [-0.2, -0.15) is 0 Å². The summed E-state index contributed by atoms with van der Waals surface area (Å²) in [4.78, 5) is 0. The fraction of sp³-hybridized carbons (Fsp3) is 0.333. The molecule has 1 aliphatic rings. The van der Waals surface area contributed by atoms with Gasteiger partial charge in [-0.3, -0.25) is 0 Å². The zero-order valence-corrected chi connectivity index (χ0v) is 8.58. The van der Waals surface area contributed by atoms with E-state index in [9.17, 15) is 0 Å². The summed E-state index contributed by atoms with van der Waals surface area (Å²) in [5.74, 6) is 1.53. The summed E-state index contributed by atoms with van der Waals surface area (Å²) in [6, 6.07) is 5.71. The van der Waals surface area contributed by atoms with Gasteiger partial charge < -0.3 is 15.2 Å². The van der Waals surface area contributed by atoms with Crippen LogP contribution in [0.1, 0.15) is 0 Å². The molecule has 2 N–H and O–H groups in total. The van der Waals surface area contributed by atoms with E-state index >= 15 is 0 Å². The smallest absolute Gasteiger partial charge is 0.176 e. The number of hydrogen-bond donors (Lipinski definition) is 1. The molecule has 1 aromatic carbocycles. The van der Waals surface area contributed by atoms with E-state index in [-0.39, 0.29) is 6.10 Å². The first-order valence-corrected chi connectivity index (χ1v) is 4.88. The number of rotatable bonds is 1. The van der Waals surface area contributed by atoms with Gasteiger partial charge in [0.2, 0.25) is 0 Å². The highest BCUT2D eigenvalue weighted by Crippen LogP contribution is 2.37. The molecule has 0 radical (unpaired) electrons. The maximum atomic E-state index is 5.61. The fourth-order valence-electron chi connectivity index (χ4n) is 1.22. The Morgan fingerprint density at radius 1 is 1.54 bits per heavy atom. The molecule has 3 nitrogen and oxygen atoms in total. The number of fused-ring (bicyclic) bond motifs is 1. The highest BCUT2D eigenvalue weighted by atomic mass is 79.9. The lowest BCUT2D eigenvalue weighted by atomic mass is 10.2. The maximum Gasteiger partial charge on any atom is 0.176 e. The van der Waals surface area contributed by atoms with E-state index < -0.39 is 0 Å². The number of hydrogen-bond acceptors (Lipinski definition) is 3. The summed E-state index contributed by atoms with van der Waals surface area (Å²) >= 11 is 3.39. The standard InChI is InChI=1S/C9H10BrNO2/c10-7-2-1-3-8-9(7)13-6(4-11)5-12-8/h1-3,6H,4-5,11H2/t6-/m1/s1. The molecule has 0 aliphatic carbocycles. The normalized spacial score (nSPS) is 20.0. The third kappa shape index (κ3) is 1.64. The Morgan fingerprint density at radius 3 is 3.15 bits per heavy atom. The van der Waals surface area contributed by atoms with Crippen LogP contribution < -0.4 is 15.2 Å². The zero-order chi connectivity index (χ0) is 9.26. The van der Waals surface area contributed by atoms with Crippen molar-refractivity contribution in [2.45, 2.75) is 6.10 Å². The molecule has 0 saturated heterocycles. The Morgan fingerprint density at radius 2 is 2.38 bits per heavy atom. The lowest BCUT2D eigenvalue weighted by molar-refractivity contribution is 0.0959. The van der Waals surface area contributed by atoms with Gasteiger partial charge in [0.15, 0.2) is 11.5 Å². The van der Waals surface area contributed by atoms with Crippen LogP contribution in [-0.2, 0) is 0 Å². The van der Waals surface area contributed by atoms with Crippen molar-refractivity contribution < 1.29 is 9.47 Å². The summed E-state index contributed by atoms with van der Waals surface area (Å²) < 4.78 is 12.0. The van der Waals surface area contributed by atoms with Gasteiger partial charge in [-0.05, 0) is 28.1 Å². The Kier molecular flexibility index (Phi) is 2.42. The van der Waals surface area contributed by atoms with Gasteiger partial charge in [-0.15, -0.1) is 0 Å². The number of ether oxygens (including phenoxy) is 2. The van der Waals surface area contributed by atoms with Gasteiger partial charge in [0.1, 0.15) is 12.7 Å². The van der Waals surface area contributed by atoms with E-state index in [4.69, 9.17) is 15.2 Å². The van der Waals surface area contributed by atoms with E-state index in [2.05, 4.69) is 15.9 Å². The van der Waals surface area contributed by atoms with E-state index in [1.54, 1.807) is 0 Å². The van der Waals surface area contributed by atoms with E-state index in [0.717, 1.165) is 16.0 Å². The third-order valence-electron chi connectivity index (χ3n) is 1.90. The van der Waals surface area contributed by atoms with Crippen LogP contribution in [0, 0.1) is 0 Å². The Labute approximate surface area is 85.0 Å². The Hall–Kier alpha value is -0.740. The van der Waals surface area contributed by atoms with Gasteiger partial charge in [0.05, 0.1) is 4.47 Å². The summed E-state index contributed by atoms with van der Waals surface area (Å²) in [6.45, 7) is 1.00. The first kappa shape index (κ1) is 8.84. The molecule has 1 aliphatic heterocycles. The lowest BCUT2D eigenvalue weighted by Crippen LogP contribution is -2.35. The topological polar surface area (TPSA) is 44.5 Å². The number of benzene rings is 1. The van der Waals surface area contributed by atoms with Crippen LogP contribution in [0.2, 0.25) is 0 Å². The molecule has 0 unspecified atom stereocenters. The van der Waals surface area contributed by atoms with Crippen molar-refractivity contribution in [2.24, 2.45) is 5.73 Å². The second-order valence-corrected chi connectivity index (χ2v) is 3.71. The van der Waals surface area contributed by atoms with Crippen LogP contribution in [0.3, 0.4) is 0 Å². The minimum atomic E-state index is -0.0359. The van der Waals surface area contributed by atoms with Crippen molar-refractivity contribution in [3.8, 4) is 11.5 Å². The highest BCUT2D eigenvalue weighted by Gasteiger charge is 2.21. The SMILES string of the molecule is NC[C@@H]1COc2cccc(Br)c2O1. The van der Waals surface area contributed by atoms with Crippen molar-refractivity contribution >= 4 is 15.9 Å². The molecule has 1 heterocycles. The summed E-state index contributed by atoms with van der Waals surface area (Å²) in [5, 5.41) is 0. The first-order valence-electron chi connectivity index (χ1n) is 4.09. The quantitative estimate of drug-likeness (QED) is 0.815. The molecular formula is C9H10BrNO2.